The van der Waals surface area contributed by atoms with Crippen molar-refractivity contribution in [1.29, 1.82) is 0 Å². The topological polar surface area (TPSA) is 72.6 Å². The molecule has 0 aliphatic heterocycles. The molecule has 0 aliphatic carbocycles. The smallest absolute Gasteiger partial charge is 0.341 e. The molecule has 0 unspecified atom stereocenters. The third-order valence-corrected chi connectivity index (χ3v) is 2.23. The number of carboxylic acids is 1. The van der Waals surface area contributed by atoms with Gasteiger partial charge in [0, 0.05) is 12.0 Å². The van der Waals surface area contributed by atoms with Crippen LogP contribution in [0.25, 0.3) is 11.1 Å². The van der Waals surface area contributed by atoms with E-state index < -0.39 is 5.97 Å². The third-order valence-electron chi connectivity index (χ3n) is 2.23. The van der Waals surface area contributed by atoms with Crippen LogP contribution in [0.1, 0.15) is 25.7 Å². The van der Waals surface area contributed by atoms with E-state index in [1.807, 2.05) is 13.8 Å². The van der Waals surface area contributed by atoms with Crippen LogP contribution < -0.4 is 4.74 Å². The van der Waals surface area contributed by atoms with Crippen molar-refractivity contribution >= 4 is 17.1 Å². The Balaban J connectivity index is 2.27. The van der Waals surface area contributed by atoms with Crippen molar-refractivity contribution in [2.75, 3.05) is 6.61 Å². The van der Waals surface area contributed by atoms with E-state index in [9.17, 15) is 4.79 Å². The van der Waals surface area contributed by atoms with Gasteiger partial charge >= 0.3 is 5.97 Å². The van der Waals surface area contributed by atoms with E-state index in [4.69, 9.17) is 14.3 Å². The fourth-order valence-corrected chi connectivity index (χ4v) is 1.40. The summed E-state index contributed by atoms with van der Waals surface area (Å²) in [6.07, 6.45) is 0. The largest absolute Gasteiger partial charge is 0.482 e. The van der Waals surface area contributed by atoms with Crippen LogP contribution in [0.3, 0.4) is 0 Å². The normalized spacial score (nSPS) is 11.0. The zero-order chi connectivity index (χ0) is 12.4. The molecule has 0 aliphatic rings. The first-order chi connectivity index (χ1) is 8.06. The van der Waals surface area contributed by atoms with Crippen molar-refractivity contribution in [3.63, 3.8) is 0 Å². The van der Waals surface area contributed by atoms with Gasteiger partial charge in [-0.25, -0.2) is 9.78 Å². The van der Waals surface area contributed by atoms with Gasteiger partial charge in [-0.1, -0.05) is 13.8 Å². The van der Waals surface area contributed by atoms with Crippen molar-refractivity contribution in [2.24, 2.45) is 0 Å². The molecular weight excluding hydrogens is 222 g/mol. The highest BCUT2D eigenvalue weighted by Gasteiger charge is 2.10. The maximum atomic E-state index is 10.4. The second-order valence-electron chi connectivity index (χ2n) is 4.02. The fraction of sp³-hybridized carbons (Fsp3) is 0.333. The zero-order valence-electron chi connectivity index (χ0n) is 9.64. The van der Waals surface area contributed by atoms with Crippen LogP contribution >= 0.6 is 0 Å². The Kier molecular flexibility index (Phi) is 2.99. The quantitative estimate of drug-likeness (QED) is 0.880. The van der Waals surface area contributed by atoms with Crippen LogP contribution in [0.15, 0.2) is 22.6 Å². The molecule has 1 aromatic heterocycles. The highest BCUT2D eigenvalue weighted by Crippen LogP contribution is 2.24. The number of nitrogens with zero attached hydrogens (tertiary/aromatic N) is 1. The van der Waals surface area contributed by atoms with E-state index in [2.05, 4.69) is 4.98 Å². The molecule has 0 radical (unpaired) electrons. The number of carbonyl (C=O) groups is 1. The van der Waals surface area contributed by atoms with Crippen molar-refractivity contribution < 1.29 is 19.1 Å². The molecule has 0 spiro atoms. The van der Waals surface area contributed by atoms with Gasteiger partial charge in [-0.05, 0) is 12.1 Å². The molecule has 5 heteroatoms. The summed E-state index contributed by atoms with van der Waals surface area (Å²) in [5.74, 6) is 0.332. The highest BCUT2D eigenvalue weighted by molar-refractivity contribution is 5.75. The zero-order valence-corrected chi connectivity index (χ0v) is 9.64. The second-order valence-corrected chi connectivity index (χ2v) is 4.02. The molecule has 17 heavy (non-hydrogen) atoms. The average Bonchev–Trinajstić information content (AvgIpc) is 2.69. The van der Waals surface area contributed by atoms with E-state index in [1.165, 1.54) is 0 Å². The van der Waals surface area contributed by atoms with Crippen LogP contribution in [0.5, 0.6) is 5.75 Å². The lowest BCUT2D eigenvalue weighted by Gasteiger charge is -2.01. The number of carboxylic acid groups (broad SMARTS) is 1. The molecule has 1 N–H and O–H groups in total. The lowest BCUT2D eigenvalue weighted by Crippen LogP contribution is -2.09. The van der Waals surface area contributed by atoms with Crippen molar-refractivity contribution in [1.82, 2.24) is 4.98 Å². The van der Waals surface area contributed by atoms with Gasteiger partial charge in [0.25, 0.3) is 0 Å². The molecule has 0 saturated heterocycles. The second kappa shape index (κ2) is 4.45. The van der Waals surface area contributed by atoms with Gasteiger partial charge in [-0.3, -0.25) is 0 Å². The van der Waals surface area contributed by atoms with E-state index in [-0.39, 0.29) is 12.5 Å². The van der Waals surface area contributed by atoms with E-state index in [1.54, 1.807) is 18.2 Å². The minimum Gasteiger partial charge on any atom is -0.482 e. The summed E-state index contributed by atoms with van der Waals surface area (Å²) in [4.78, 5) is 14.7. The molecule has 0 fully saturated rings. The van der Waals surface area contributed by atoms with Crippen LogP contribution in [0.4, 0.5) is 0 Å². The molecule has 1 aromatic carbocycles. The van der Waals surface area contributed by atoms with E-state index in [0.717, 1.165) is 5.52 Å². The SMILES string of the molecule is CC(C)c1nc2ccc(OCC(=O)O)cc2o1. The number of benzene rings is 1. The maximum absolute atomic E-state index is 10.4. The highest BCUT2D eigenvalue weighted by atomic mass is 16.5. The molecule has 2 rings (SSSR count). The van der Waals surface area contributed by atoms with E-state index >= 15 is 0 Å². The van der Waals surface area contributed by atoms with Gasteiger partial charge in [0.15, 0.2) is 18.1 Å². The van der Waals surface area contributed by atoms with Crippen LogP contribution in [-0.4, -0.2) is 22.7 Å². The number of fused-ring (bicyclic) bond motifs is 1. The molecule has 5 nitrogen and oxygen atoms in total. The van der Waals surface area contributed by atoms with Crippen molar-refractivity contribution in [2.45, 2.75) is 19.8 Å². The van der Waals surface area contributed by atoms with E-state index in [0.29, 0.717) is 17.2 Å². The van der Waals surface area contributed by atoms with Gasteiger partial charge in [0.1, 0.15) is 11.3 Å². The van der Waals surface area contributed by atoms with Gasteiger partial charge in [-0.15, -0.1) is 0 Å². The number of rotatable bonds is 4. The molecule has 1 heterocycles. The van der Waals surface area contributed by atoms with Crippen molar-refractivity contribution in [3.05, 3.63) is 24.1 Å². The molecule has 0 amide bonds. The summed E-state index contributed by atoms with van der Waals surface area (Å²) in [5, 5.41) is 8.50. The number of ether oxygens (including phenoxy) is 1. The molecular formula is C12H13NO4. The number of aliphatic carboxylic acids is 1. The van der Waals surface area contributed by atoms with Gasteiger partial charge < -0.3 is 14.3 Å². The summed E-state index contributed by atoms with van der Waals surface area (Å²) in [5.41, 5.74) is 1.35. The fourth-order valence-electron chi connectivity index (χ4n) is 1.40. The van der Waals surface area contributed by atoms with Crippen molar-refractivity contribution in [3.8, 4) is 5.75 Å². The predicted octanol–water partition coefficient (Wildman–Crippen LogP) is 2.41. The summed E-state index contributed by atoms with van der Waals surface area (Å²) in [6, 6.07) is 5.08. The summed E-state index contributed by atoms with van der Waals surface area (Å²) < 4.78 is 10.6. The Morgan fingerprint density at radius 3 is 2.94 bits per heavy atom. The average molecular weight is 235 g/mol. The first kappa shape index (κ1) is 11.4. The summed E-state index contributed by atoms with van der Waals surface area (Å²) in [7, 11) is 0. The molecule has 0 atom stereocenters. The molecule has 90 valence electrons. The molecule has 0 bridgehead atoms. The van der Waals surface area contributed by atoms with Gasteiger partial charge in [0.05, 0.1) is 0 Å². The van der Waals surface area contributed by atoms with Crippen LogP contribution in [-0.2, 0) is 4.79 Å². The minimum atomic E-state index is -1.01. The lowest BCUT2D eigenvalue weighted by molar-refractivity contribution is -0.139. The standard InChI is InChI=1S/C12H13NO4/c1-7(2)12-13-9-4-3-8(5-10(9)17-12)16-6-11(14)15/h3-5,7H,6H2,1-2H3,(H,14,15). The third kappa shape index (κ3) is 2.55. The Hall–Kier alpha value is -2.04. The number of hydrogen-bond donors (Lipinski definition) is 1. The number of aromatic nitrogens is 1. The van der Waals surface area contributed by atoms with Crippen LogP contribution in [0, 0.1) is 0 Å². The van der Waals surface area contributed by atoms with Gasteiger partial charge in [0.2, 0.25) is 0 Å². The Morgan fingerprint density at radius 1 is 1.53 bits per heavy atom. The lowest BCUT2D eigenvalue weighted by atomic mass is 10.2. The summed E-state index contributed by atoms with van der Waals surface area (Å²) >= 11 is 0. The number of hydrogen-bond acceptors (Lipinski definition) is 4. The molecule has 2 aromatic rings. The Morgan fingerprint density at radius 2 is 2.29 bits per heavy atom. The Bertz CT molecular complexity index is 544. The number of oxazole rings is 1. The van der Waals surface area contributed by atoms with Gasteiger partial charge in [-0.2, -0.15) is 0 Å². The van der Waals surface area contributed by atoms with Crippen LogP contribution in [0.2, 0.25) is 0 Å². The molecule has 0 saturated carbocycles. The predicted molar refractivity (Wildman–Crippen MR) is 61.2 cm³/mol. The monoisotopic (exact) mass is 235 g/mol. The maximum Gasteiger partial charge on any atom is 0.341 e. The minimum absolute atomic E-state index is 0.214. The summed E-state index contributed by atoms with van der Waals surface area (Å²) in [6.45, 7) is 3.62. The first-order valence-electron chi connectivity index (χ1n) is 5.31. The Labute approximate surface area is 98.0 Å². The first-order valence-corrected chi connectivity index (χ1v) is 5.31.